The largest absolute Gasteiger partial charge is 0.456 e. The zero-order valence-corrected chi connectivity index (χ0v) is 13.6. The minimum Gasteiger partial charge on any atom is -0.456 e. The van der Waals surface area contributed by atoms with Gasteiger partial charge in [-0.05, 0) is 55.4 Å². The van der Waals surface area contributed by atoms with Gasteiger partial charge in [0.2, 0.25) is 0 Å². The van der Waals surface area contributed by atoms with E-state index < -0.39 is 0 Å². The zero-order valence-electron chi connectivity index (χ0n) is 13.6. The van der Waals surface area contributed by atoms with Gasteiger partial charge < -0.3 is 9.64 Å². The fraction of sp³-hybridized carbons (Fsp3) is 0.286. The second-order valence-electron chi connectivity index (χ2n) is 6.94. The van der Waals surface area contributed by atoms with Crippen LogP contribution in [0.4, 0.5) is 5.69 Å². The highest BCUT2D eigenvalue weighted by atomic mass is 16.5. The highest BCUT2D eigenvalue weighted by Crippen LogP contribution is 2.40. The Hall–Kier alpha value is -2.39. The number of carbonyl (C=O) groups is 1. The van der Waals surface area contributed by atoms with Crippen molar-refractivity contribution in [2.45, 2.75) is 25.7 Å². The number of fused-ring (bicyclic) bond motifs is 2. The SMILES string of the molecule is O=C1C=CC(=C2C=Cc3cc4c5c(c3O2)CCC[NH+]5CCC4)C=C1. The van der Waals surface area contributed by atoms with Gasteiger partial charge in [-0.3, -0.25) is 4.79 Å². The fourth-order valence-electron chi connectivity index (χ4n) is 4.36. The first-order valence-electron chi connectivity index (χ1n) is 8.84. The average Bonchev–Trinajstić information content (AvgIpc) is 2.63. The van der Waals surface area contributed by atoms with E-state index in [-0.39, 0.29) is 5.78 Å². The van der Waals surface area contributed by atoms with Gasteiger partial charge in [0.15, 0.2) is 5.78 Å². The van der Waals surface area contributed by atoms with E-state index in [0.29, 0.717) is 0 Å². The number of ether oxygens (including phenoxy) is 1. The van der Waals surface area contributed by atoms with Crippen molar-refractivity contribution in [1.29, 1.82) is 0 Å². The second-order valence-corrected chi connectivity index (χ2v) is 6.94. The van der Waals surface area contributed by atoms with Gasteiger partial charge in [-0.15, -0.1) is 0 Å². The molecule has 0 fully saturated rings. The Morgan fingerprint density at radius 3 is 2.54 bits per heavy atom. The molecular formula is C21H20NO2+. The molecule has 0 saturated heterocycles. The van der Waals surface area contributed by atoms with Crippen molar-refractivity contribution in [3.8, 4) is 5.75 Å². The first-order chi connectivity index (χ1) is 11.8. The molecule has 0 amide bonds. The Balaban J connectivity index is 1.64. The smallest absolute Gasteiger partial charge is 0.178 e. The molecule has 3 heterocycles. The molecule has 1 unspecified atom stereocenters. The lowest BCUT2D eigenvalue weighted by Crippen LogP contribution is -3.09. The Kier molecular flexibility index (Phi) is 3.10. The molecule has 3 nitrogen and oxygen atoms in total. The van der Waals surface area contributed by atoms with Crippen LogP contribution in [0, 0.1) is 0 Å². The molecule has 3 heteroatoms. The van der Waals surface area contributed by atoms with Gasteiger partial charge in [-0.25, -0.2) is 0 Å². The number of carbonyl (C=O) groups excluding carboxylic acids is 1. The molecule has 1 aromatic carbocycles. The highest BCUT2D eigenvalue weighted by molar-refractivity contribution is 6.01. The maximum absolute atomic E-state index is 11.3. The van der Waals surface area contributed by atoms with E-state index in [1.165, 1.54) is 54.7 Å². The van der Waals surface area contributed by atoms with Crippen LogP contribution in [0.5, 0.6) is 5.75 Å². The number of hydrogen-bond donors (Lipinski definition) is 1. The molecule has 1 aliphatic carbocycles. The van der Waals surface area contributed by atoms with Crippen molar-refractivity contribution >= 4 is 17.5 Å². The molecule has 4 aliphatic rings. The van der Waals surface area contributed by atoms with Gasteiger partial charge in [0.1, 0.15) is 17.2 Å². The third-order valence-corrected chi connectivity index (χ3v) is 5.44. The van der Waals surface area contributed by atoms with Gasteiger partial charge in [0, 0.05) is 29.5 Å². The number of benzene rings is 1. The molecule has 120 valence electrons. The van der Waals surface area contributed by atoms with Crippen LogP contribution in [0.1, 0.15) is 29.5 Å². The summed E-state index contributed by atoms with van der Waals surface area (Å²) in [6.45, 7) is 2.49. The van der Waals surface area contributed by atoms with E-state index in [4.69, 9.17) is 4.74 Å². The number of ketones is 1. The molecule has 0 saturated carbocycles. The zero-order chi connectivity index (χ0) is 16.1. The van der Waals surface area contributed by atoms with Crippen molar-refractivity contribution in [3.05, 3.63) is 64.5 Å². The number of aryl methyl sites for hydroxylation is 1. The summed E-state index contributed by atoms with van der Waals surface area (Å²) in [5.74, 6) is 1.90. The Morgan fingerprint density at radius 1 is 0.917 bits per heavy atom. The van der Waals surface area contributed by atoms with E-state index in [9.17, 15) is 4.79 Å². The van der Waals surface area contributed by atoms with Crippen molar-refractivity contribution in [3.63, 3.8) is 0 Å². The van der Waals surface area contributed by atoms with Crippen molar-refractivity contribution in [2.75, 3.05) is 13.1 Å². The van der Waals surface area contributed by atoms with E-state index in [0.717, 1.165) is 23.5 Å². The van der Waals surface area contributed by atoms with Crippen LogP contribution >= 0.6 is 0 Å². The molecular weight excluding hydrogens is 298 g/mol. The van der Waals surface area contributed by atoms with E-state index >= 15 is 0 Å². The van der Waals surface area contributed by atoms with Gasteiger partial charge in [0.25, 0.3) is 0 Å². The third-order valence-electron chi connectivity index (χ3n) is 5.44. The van der Waals surface area contributed by atoms with E-state index in [1.807, 2.05) is 18.2 Å². The molecule has 0 bridgehead atoms. The molecule has 0 spiro atoms. The number of allylic oxidation sites excluding steroid dienone is 6. The van der Waals surface area contributed by atoms with E-state index in [2.05, 4.69) is 12.1 Å². The topological polar surface area (TPSA) is 30.7 Å². The maximum atomic E-state index is 11.3. The summed E-state index contributed by atoms with van der Waals surface area (Å²) in [7, 11) is 0. The van der Waals surface area contributed by atoms with E-state index in [1.54, 1.807) is 17.1 Å². The lowest BCUT2D eigenvalue weighted by atomic mass is 9.88. The molecule has 24 heavy (non-hydrogen) atoms. The summed E-state index contributed by atoms with van der Waals surface area (Å²) in [6.07, 6.45) is 15.9. The highest BCUT2D eigenvalue weighted by Gasteiger charge is 2.33. The van der Waals surface area contributed by atoms with Crippen molar-refractivity contribution in [2.24, 2.45) is 0 Å². The predicted octanol–water partition coefficient (Wildman–Crippen LogP) is 2.45. The summed E-state index contributed by atoms with van der Waals surface area (Å²) in [6, 6.07) is 2.33. The van der Waals surface area contributed by atoms with Crippen LogP contribution in [0.25, 0.3) is 6.08 Å². The first kappa shape index (κ1) is 14.0. The number of nitrogens with one attached hydrogen (secondary N) is 1. The normalized spacial score (nSPS) is 23.8. The minimum atomic E-state index is 0.0305. The molecule has 1 N–H and O–H groups in total. The summed E-state index contributed by atoms with van der Waals surface area (Å²) < 4.78 is 6.34. The van der Waals surface area contributed by atoms with Crippen LogP contribution in [0.15, 0.2) is 47.8 Å². The molecule has 3 aliphatic heterocycles. The molecule has 5 rings (SSSR count). The summed E-state index contributed by atoms with van der Waals surface area (Å²) in [4.78, 5) is 13.0. The lowest BCUT2D eigenvalue weighted by Gasteiger charge is -2.34. The number of rotatable bonds is 0. The number of quaternary nitrogens is 1. The lowest BCUT2D eigenvalue weighted by molar-refractivity contribution is -0.838. The maximum Gasteiger partial charge on any atom is 0.178 e. The monoisotopic (exact) mass is 318 g/mol. The van der Waals surface area contributed by atoms with Crippen molar-refractivity contribution < 1.29 is 14.4 Å². The molecule has 1 aromatic rings. The standard InChI is InChI=1S/C21H19NO2/c23-17-8-5-14(6-9-17)19-10-7-16-13-15-3-1-11-22-12-2-4-18(20(15)22)21(16)24-19/h5-10,13H,1-4,11-12H2/p+1. The fourth-order valence-corrected chi connectivity index (χ4v) is 4.36. The van der Waals surface area contributed by atoms with Crippen LogP contribution in [-0.4, -0.2) is 18.9 Å². The minimum absolute atomic E-state index is 0.0305. The Bertz CT molecular complexity index is 850. The second kappa shape index (κ2) is 5.32. The van der Waals surface area contributed by atoms with Crippen LogP contribution in [0.2, 0.25) is 0 Å². The van der Waals surface area contributed by atoms with Crippen LogP contribution < -0.4 is 9.64 Å². The van der Waals surface area contributed by atoms with Gasteiger partial charge in [-0.2, -0.15) is 0 Å². The average molecular weight is 318 g/mol. The first-order valence-corrected chi connectivity index (χ1v) is 8.84. The van der Waals surface area contributed by atoms with Crippen LogP contribution in [0.3, 0.4) is 0 Å². The quantitative estimate of drug-likeness (QED) is 0.796. The summed E-state index contributed by atoms with van der Waals surface area (Å²) >= 11 is 0. The predicted molar refractivity (Wildman–Crippen MR) is 93.4 cm³/mol. The number of hydrogen-bond acceptors (Lipinski definition) is 2. The van der Waals surface area contributed by atoms with Gasteiger partial charge in [-0.1, -0.05) is 0 Å². The Morgan fingerprint density at radius 2 is 1.71 bits per heavy atom. The summed E-state index contributed by atoms with van der Waals surface area (Å²) in [5.41, 5.74) is 6.59. The summed E-state index contributed by atoms with van der Waals surface area (Å²) in [5, 5.41) is 0. The van der Waals surface area contributed by atoms with Crippen LogP contribution in [-0.2, 0) is 17.6 Å². The molecule has 1 atom stereocenters. The molecule has 0 aromatic heterocycles. The van der Waals surface area contributed by atoms with Crippen molar-refractivity contribution in [1.82, 2.24) is 0 Å². The van der Waals surface area contributed by atoms with Gasteiger partial charge in [0.05, 0.1) is 18.7 Å². The Labute approximate surface area is 141 Å². The molecule has 0 radical (unpaired) electrons. The third kappa shape index (κ3) is 2.12. The van der Waals surface area contributed by atoms with Gasteiger partial charge >= 0.3 is 0 Å².